The van der Waals surface area contributed by atoms with Crippen LogP contribution in [0.3, 0.4) is 0 Å². The fourth-order valence-corrected chi connectivity index (χ4v) is 11.4. The van der Waals surface area contributed by atoms with Crippen LogP contribution in [0.1, 0.15) is 70.0 Å². The Labute approximate surface area is 265 Å². The molecule has 3 heterocycles. The summed E-state index contributed by atoms with van der Waals surface area (Å²) >= 11 is 0. The van der Waals surface area contributed by atoms with Crippen molar-refractivity contribution in [2.45, 2.75) is 78.2 Å². The standard InChI is InChI=1S/C34H42N6O4Si/c1-8-42-33(41)28-18-36-40(20-28)34-37-31-30(32(38-34)43-21-27-12-10-9-11-13-27)35-22-39(31)19-26-14-16-29(17-15-26)44-45(23(2)3,24(4)5)25(6)7/h9-18,20,22-25H,8,19,21H2,1-7H3. The van der Waals surface area contributed by atoms with Crippen LogP contribution < -0.4 is 9.16 Å². The minimum atomic E-state index is -2.06. The number of fused-ring (bicyclic) bond motifs is 1. The highest BCUT2D eigenvalue weighted by Gasteiger charge is 2.47. The van der Waals surface area contributed by atoms with E-state index in [-0.39, 0.29) is 12.6 Å². The van der Waals surface area contributed by atoms with E-state index in [0.717, 1.165) is 16.9 Å². The fourth-order valence-electron chi connectivity index (χ4n) is 6.12. The van der Waals surface area contributed by atoms with Gasteiger partial charge in [0, 0.05) is 6.20 Å². The van der Waals surface area contributed by atoms with Crippen molar-refractivity contribution in [3.63, 3.8) is 0 Å². The second-order valence-corrected chi connectivity index (χ2v) is 17.5. The molecule has 0 saturated heterocycles. The molecule has 45 heavy (non-hydrogen) atoms. The molecule has 236 valence electrons. The van der Waals surface area contributed by atoms with Crippen molar-refractivity contribution in [2.24, 2.45) is 0 Å². The molecule has 0 unspecified atom stereocenters. The molecule has 3 aromatic heterocycles. The van der Waals surface area contributed by atoms with Crippen molar-refractivity contribution in [1.82, 2.24) is 29.3 Å². The first-order valence-electron chi connectivity index (χ1n) is 15.5. The first kappa shape index (κ1) is 31.9. The Morgan fingerprint density at radius 1 is 0.889 bits per heavy atom. The molecule has 0 aliphatic rings. The van der Waals surface area contributed by atoms with E-state index in [1.54, 1.807) is 19.4 Å². The van der Waals surface area contributed by atoms with E-state index in [0.29, 0.717) is 52.4 Å². The summed E-state index contributed by atoms with van der Waals surface area (Å²) in [5.74, 6) is 1.03. The number of hydrogen-bond donors (Lipinski definition) is 0. The molecule has 0 aliphatic carbocycles. The third kappa shape index (κ3) is 6.78. The molecule has 2 aromatic carbocycles. The molecule has 0 radical (unpaired) electrons. The average molecular weight is 627 g/mol. The summed E-state index contributed by atoms with van der Waals surface area (Å²) in [6.45, 7) is 16.6. The maximum absolute atomic E-state index is 12.3. The van der Waals surface area contributed by atoms with Gasteiger partial charge in [-0.05, 0) is 46.8 Å². The van der Waals surface area contributed by atoms with Crippen molar-refractivity contribution in [3.05, 3.63) is 90.0 Å². The fraction of sp³-hybridized carbons (Fsp3) is 0.382. The first-order valence-corrected chi connectivity index (χ1v) is 17.7. The quantitative estimate of drug-likeness (QED) is 0.0985. The topological polar surface area (TPSA) is 106 Å². The number of rotatable bonds is 13. The van der Waals surface area contributed by atoms with Gasteiger partial charge < -0.3 is 18.5 Å². The monoisotopic (exact) mass is 626 g/mol. The number of aromatic nitrogens is 6. The SMILES string of the molecule is CCOC(=O)c1cnn(-c2nc(OCc3ccccc3)c3ncn(Cc4ccc(O[Si](C(C)C)(C(C)C)C(C)C)cc4)c3n2)c1. The van der Waals surface area contributed by atoms with E-state index < -0.39 is 14.3 Å². The van der Waals surface area contributed by atoms with E-state index in [1.165, 1.54) is 10.9 Å². The Balaban J connectivity index is 1.46. The zero-order chi connectivity index (χ0) is 32.1. The smallest absolute Gasteiger partial charge is 0.341 e. The van der Waals surface area contributed by atoms with Gasteiger partial charge in [0.1, 0.15) is 12.4 Å². The van der Waals surface area contributed by atoms with E-state index >= 15 is 0 Å². The molecule has 5 aromatic rings. The van der Waals surface area contributed by atoms with Crippen LogP contribution in [-0.2, 0) is 17.9 Å². The van der Waals surface area contributed by atoms with Gasteiger partial charge in [-0.1, -0.05) is 84.0 Å². The number of esters is 1. The van der Waals surface area contributed by atoms with Crippen LogP contribution in [0.15, 0.2) is 73.3 Å². The summed E-state index contributed by atoms with van der Waals surface area (Å²) in [6, 6.07) is 18.2. The third-order valence-corrected chi connectivity index (χ3v) is 14.2. The summed E-state index contributed by atoms with van der Waals surface area (Å²) in [5.41, 5.74) is 4.97. The van der Waals surface area contributed by atoms with Crippen LogP contribution in [0, 0.1) is 0 Å². The summed E-state index contributed by atoms with van der Waals surface area (Å²) in [4.78, 5) is 26.4. The lowest BCUT2D eigenvalue weighted by Gasteiger charge is -2.42. The maximum Gasteiger partial charge on any atom is 0.341 e. The lowest BCUT2D eigenvalue weighted by Crippen LogP contribution is -2.50. The molecular weight excluding hydrogens is 584 g/mol. The Morgan fingerprint density at radius 3 is 2.22 bits per heavy atom. The first-order chi connectivity index (χ1) is 21.6. The maximum atomic E-state index is 12.3. The van der Waals surface area contributed by atoms with E-state index in [4.69, 9.17) is 18.9 Å². The zero-order valence-corrected chi connectivity index (χ0v) is 28.1. The van der Waals surface area contributed by atoms with Gasteiger partial charge in [-0.2, -0.15) is 15.1 Å². The lowest BCUT2D eigenvalue weighted by molar-refractivity contribution is 0.0526. The molecule has 0 bridgehead atoms. The highest BCUT2D eigenvalue weighted by Crippen LogP contribution is 2.42. The van der Waals surface area contributed by atoms with Crippen LogP contribution in [0.5, 0.6) is 11.6 Å². The van der Waals surface area contributed by atoms with E-state index in [2.05, 4.69) is 80.9 Å². The molecule has 0 N–H and O–H groups in total. The summed E-state index contributed by atoms with van der Waals surface area (Å²) < 4.78 is 21.6. The van der Waals surface area contributed by atoms with Crippen LogP contribution in [0.2, 0.25) is 16.6 Å². The number of imidazole rings is 1. The second kappa shape index (κ2) is 13.6. The molecule has 0 aliphatic heterocycles. The Hall–Kier alpha value is -4.51. The normalized spacial score (nSPS) is 12.0. The predicted octanol–water partition coefficient (Wildman–Crippen LogP) is 7.37. The highest BCUT2D eigenvalue weighted by molar-refractivity contribution is 6.78. The molecule has 10 nitrogen and oxygen atoms in total. The Morgan fingerprint density at radius 2 is 1.58 bits per heavy atom. The molecule has 0 atom stereocenters. The summed E-state index contributed by atoms with van der Waals surface area (Å²) in [6.07, 6.45) is 4.73. The van der Waals surface area contributed by atoms with Crippen LogP contribution in [0.25, 0.3) is 17.1 Å². The molecule has 0 fully saturated rings. The zero-order valence-electron chi connectivity index (χ0n) is 27.1. The van der Waals surface area contributed by atoms with Crippen molar-refractivity contribution in [2.75, 3.05) is 6.61 Å². The average Bonchev–Trinajstić information content (AvgIpc) is 3.68. The minimum Gasteiger partial charge on any atom is -0.543 e. The van der Waals surface area contributed by atoms with Gasteiger partial charge in [-0.25, -0.2) is 14.5 Å². The number of hydrogen-bond acceptors (Lipinski definition) is 8. The Kier molecular flexibility index (Phi) is 9.67. The van der Waals surface area contributed by atoms with Crippen LogP contribution >= 0.6 is 0 Å². The van der Waals surface area contributed by atoms with E-state index in [9.17, 15) is 4.79 Å². The lowest BCUT2D eigenvalue weighted by atomic mass is 10.2. The molecule has 11 heteroatoms. The Bertz CT molecular complexity index is 1710. The number of benzene rings is 2. The highest BCUT2D eigenvalue weighted by atomic mass is 28.4. The predicted molar refractivity (Wildman–Crippen MR) is 176 cm³/mol. The van der Waals surface area contributed by atoms with Crippen molar-refractivity contribution < 1.29 is 18.7 Å². The van der Waals surface area contributed by atoms with Gasteiger partial charge in [-0.15, -0.1) is 0 Å². The molecular formula is C34H42N6O4Si. The van der Waals surface area contributed by atoms with Gasteiger partial charge in [0.2, 0.25) is 5.88 Å². The molecule has 5 rings (SSSR count). The van der Waals surface area contributed by atoms with Gasteiger partial charge in [-0.3, -0.25) is 0 Å². The van der Waals surface area contributed by atoms with Gasteiger partial charge >= 0.3 is 5.97 Å². The summed E-state index contributed by atoms with van der Waals surface area (Å²) in [7, 11) is -2.06. The second-order valence-electron chi connectivity index (χ2n) is 12.1. The third-order valence-electron chi connectivity index (χ3n) is 8.22. The van der Waals surface area contributed by atoms with Crippen molar-refractivity contribution in [1.29, 1.82) is 0 Å². The van der Waals surface area contributed by atoms with Crippen LogP contribution in [0.4, 0.5) is 0 Å². The van der Waals surface area contributed by atoms with Gasteiger partial charge in [0.25, 0.3) is 14.3 Å². The van der Waals surface area contributed by atoms with E-state index in [1.807, 2.05) is 34.9 Å². The van der Waals surface area contributed by atoms with Crippen molar-refractivity contribution in [3.8, 4) is 17.6 Å². The molecule has 0 saturated carbocycles. The largest absolute Gasteiger partial charge is 0.543 e. The number of ether oxygens (including phenoxy) is 2. The number of carbonyl (C=O) groups excluding carboxylic acids is 1. The number of carbonyl (C=O) groups is 1. The van der Waals surface area contributed by atoms with Gasteiger partial charge in [0.05, 0.1) is 31.2 Å². The minimum absolute atomic E-state index is 0.254. The van der Waals surface area contributed by atoms with Gasteiger partial charge in [0.15, 0.2) is 11.2 Å². The van der Waals surface area contributed by atoms with Crippen molar-refractivity contribution >= 4 is 25.5 Å². The molecule has 0 amide bonds. The van der Waals surface area contributed by atoms with Crippen LogP contribution in [-0.4, -0.2) is 50.2 Å². The molecule has 0 spiro atoms. The number of nitrogens with zero attached hydrogens (tertiary/aromatic N) is 6. The summed E-state index contributed by atoms with van der Waals surface area (Å²) in [5, 5.41) is 4.32.